The molecule has 0 aliphatic carbocycles. The summed E-state index contributed by atoms with van der Waals surface area (Å²) in [6.07, 6.45) is 0. The van der Waals surface area contributed by atoms with Crippen LogP contribution in [-0.4, -0.2) is 43.3 Å². The van der Waals surface area contributed by atoms with Crippen LogP contribution in [-0.2, 0) is 6.54 Å². The monoisotopic (exact) mass is 314 g/mol. The fourth-order valence-corrected chi connectivity index (χ4v) is 2.85. The van der Waals surface area contributed by atoms with Gasteiger partial charge < -0.3 is 15.2 Å². The summed E-state index contributed by atoms with van der Waals surface area (Å²) in [6.45, 7) is 7.03. The summed E-state index contributed by atoms with van der Waals surface area (Å²) in [4.78, 5) is 2.38. The molecule has 0 amide bonds. The fraction of sp³-hybridized carbons (Fsp3) is 0.538. The van der Waals surface area contributed by atoms with Crippen molar-refractivity contribution < 1.29 is 9.84 Å². The van der Waals surface area contributed by atoms with Gasteiger partial charge in [-0.15, -0.1) is 0 Å². The first-order valence-electron chi connectivity index (χ1n) is 6.11. The van der Waals surface area contributed by atoms with Crippen molar-refractivity contribution in [3.63, 3.8) is 0 Å². The minimum absolute atomic E-state index is 0.188. The van der Waals surface area contributed by atoms with Gasteiger partial charge in [-0.3, -0.25) is 4.90 Å². The van der Waals surface area contributed by atoms with Crippen LogP contribution in [0.15, 0.2) is 10.5 Å². The Kier molecular flexibility index (Phi) is 4.48. The van der Waals surface area contributed by atoms with Gasteiger partial charge in [-0.25, -0.2) is 0 Å². The van der Waals surface area contributed by atoms with E-state index in [1.807, 2.05) is 13.0 Å². The molecule has 0 unspecified atom stereocenters. The summed E-state index contributed by atoms with van der Waals surface area (Å²) in [5.41, 5.74) is 2.27. The fourth-order valence-electron chi connectivity index (χ4n) is 2.22. The molecule has 1 aromatic carbocycles. The number of phenols is 1. The summed E-state index contributed by atoms with van der Waals surface area (Å²) in [5.74, 6) is 0.705. The Morgan fingerprint density at radius 2 is 2.11 bits per heavy atom. The van der Waals surface area contributed by atoms with Gasteiger partial charge in [0.2, 0.25) is 0 Å². The van der Waals surface area contributed by atoms with Gasteiger partial charge in [0.1, 0.15) is 0 Å². The van der Waals surface area contributed by atoms with Crippen molar-refractivity contribution in [2.75, 3.05) is 33.3 Å². The summed E-state index contributed by atoms with van der Waals surface area (Å²) in [6, 6.07) is 1.89. The lowest BCUT2D eigenvalue weighted by Crippen LogP contribution is -2.43. The Bertz CT molecular complexity index is 431. The molecule has 0 saturated carbocycles. The number of ether oxygens (including phenoxy) is 1. The Balaban J connectivity index is 2.24. The first-order valence-corrected chi connectivity index (χ1v) is 6.90. The first kappa shape index (κ1) is 13.6. The van der Waals surface area contributed by atoms with Crippen LogP contribution >= 0.6 is 15.9 Å². The highest BCUT2D eigenvalue weighted by Gasteiger charge is 2.18. The van der Waals surface area contributed by atoms with Crippen LogP contribution in [0.4, 0.5) is 0 Å². The SMILES string of the molecule is COc1cc(C)c(CN2CCNCC2)c(Br)c1O. The zero-order valence-corrected chi connectivity index (χ0v) is 12.4. The highest BCUT2D eigenvalue weighted by atomic mass is 79.9. The first-order chi connectivity index (χ1) is 8.63. The molecule has 100 valence electrons. The molecule has 0 aromatic heterocycles. The van der Waals surface area contributed by atoms with E-state index in [0.29, 0.717) is 5.75 Å². The normalized spacial score (nSPS) is 16.8. The molecule has 4 nitrogen and oxygen atoms in total. The maximum Gasteiger partial charge on any atom is 0.172 e. The number of halogens is 1. The predicted octanol–water partition coefficient (Wildman–Crippen LogP) is 1.88. The largest absolute Gasteiger partial charge is 0.503 e. The van der Waals surface area contributed by atoms with Crippen LogP contribution in [0.2, 0.25) is 0 Å². The third kappa shape index (κ3) is 2.79. The molecule has 0 atom stereocenters. The minimum atomic E-state index is 0.188. The van der Waals surface area contributed by atoms with E-state index < -0.39 is 0 Å². The Morgan fingerprint density at radius 1 is 1.44 bits per heavy atom. The molecule has 0 radical (unpaired) electrons. The maximum absolute atomic E-state index is 10.0. The molecular weight excluding hydrogens is 296 g/mol. The highest BCUT2D eigenvalue weighted by molar-refractivity contribution is 9.10. The van der Waals surface area contributed by atoms with Gasteiger partial charge in [-0.05, 0) is 40.0 Å². The number of nitrogens with zero attached hydrogens (tertiary/aromatic N) is 1. The molecule has 0 spiro atoms. The summed E-state index contributed by atoms with van der Waals surface area (Å²) < 4.78 is 5.90. The van der Waals surface area contributed by atoms with Crippen LogP contribution in [0.1, 0.15) is 11.1 Å². The number of aromatic hydroxyl groups is 1. The van der Waals surface area contributed by atoms with Crippen molar-refractivity contribution in [1.82, 2.24) is 10.2 Å². The molecule has 18 heavy (non-hydrogen) atoms. The van der Waals surface area contributed by atoms with E-state index >= 15 is 0 Å². The van der Waals surface area contributed by atoms with Crippen molar-refractivity contribution >= 4 is 15.9 Å². The number of benzene rings is 1. The maximum atomic E-state index is 10.0. The van der Waals surface area contributed by atoms with E-state index in [4.69, 9.17) is 4.74 Å². The topological polar surface area (TPSA) is 44.7 Å². The van der Waals surface area contributed by atoms with Gasteiger partial charge in [0.15, 0.2) is 11.5 Å². The molecule has 1 aliphatic rings. The number of piperazine rings is 1. The van der Waals surface area contributed by atoms with E-state index in [1.165, 1.54) is 0 Å². The summed E-state index contributed by atoms with van der Waals surface area (Å²) >= 11 is 3.48. The lowest BCUT2D eigenvalue weighted by atomic mass is 10.1. The van der Waals surface area contributed by atoms with Crippen LogP contribution < -0.4 is 10.1 Å². The molecule has 2 rings (SSSR count). The van der Waals surface area contributed by atoms with Crippen molar-refractivity contribution in [1.29, 1.82) is 0 Å². The van der Waals surface area contributed by atoms with Gasteiger partial charge in [-0.2, -0.15) is 0 Å². The predicted molar refractivity (Wildman–Crippen MR) is 75.2 cm³/mol. The molecule has 2 N–H and O–H groups in total. The number of phenolic OH excluding ortho intramolecular Hbond substituents is 1. The zero-order chi connectivity index (χ0) is 13.1. The van der Waals surface area contributed by atoms with Crippen LogP contribution in [0.25, 0.3) is 0 Å². The van der Waals surface area contributed by atoms with Crippen LogP contribution in [0.3, 0.4) is 0 Å². The zero-order valence-electron chi connectivity index (χ0n) is 10.8. The number of hydrogen-bond donors (Lipinski definition) is 2. The molecule has 5 heteroatoms. The van der Waals surface area contributed by atoms with E-state index in [1.54, 1.807) is 7.11 Å². The van der Waals surface area contributed by atoms with Gasteiger partial charge in [-0.1, -0.05) is 0 Å². The average Bonchev–Trinajstić information content (AvgIpc) is 2.40. The standard InChI is InChI=1S/C13H19BrN2O2/c1-9-7-11(18-2)13(17)12(14)10(9)8-16-5-3-15-4-6-16/h7,15,17H,3-6,8H2,1-2H3. The molecule has 1 aliphatic heterocycles. The van der Waals surface area contributed by atoms with Gasteiger partial charge in [0, 0.05) is 32.7 Å². The minimum Gasteiger partial charge on any atom is -0.503 e. The lowest BCUT2D eigenvalue weighted by molar-refractivity contribution is 0.232. The summed E-state index contributed by atoms with van der Waals surface area (Å²) in [7, 11) is 1.57. The third-order valence-electron chi connectivity index (χ3n) is 3.34. The Morgan fingerprint density at radius 3 is 2.72 bits per heavy atom. The van der Waals surface area contributed by atoms with Crippen LogP contribution in [0, 0.1) is 6.92 Å². The van der Waals surface area contributed by atoms with E-state index in [0.717, 1.165) is 48.3 Å². The van der Waals surface area contributed by atoms with Crippen molar-refractivity contribution in [3.8, 4) is 11.5 Å². The van der Waals surface area contributed by atoms with E-state index in [9.17, 15) is 5.11 Å². The average molecular weight is 315 g/mol. The van der Waals surface area contributed by atoms with E-state index in [-0.39, 0.29) is 5.75 Å². The smallest absolute Gasteiger partial charge is 0.172 e. The number of nitrogens with one attached hydrogen (secondary N) is 1. The Hall–Kier alpha value is -0.780. The molecule has 1 heterocycles. The molecular formula is C13H19BrN2O2. The molecule has 1 fully saturated rings. The lowest BCUT2D eigenvalue weighted by Gasteiger charge is -2.28. The molecule has 1 saturated heterocycles. The second-order valence-corrected chi connectivity index (χ2v) is 5.36. The van der Waals surface area contributed by atoms with Gasteiger partial charge >= 0.3 is 0 Å². The van der Waals surface area contributed by atoms with E-state index in [2.05, 4.69) is 26.1 Å². The van der Waals surface area contributed by atoms with Crippen molar-refractivity contribution in [3.05, 3.63) is 21.7 Å². The molecule has 1 aromatic rings. The number of rotatable bonds is 3. The summed E-state index contributed by atoms with van der Waals surface area (Å²) in [5, 5.41) is 13.4. The van der Waals surface area contributed by atoms with Crippen molar-refractivity contribution in [2.24, 2.45) is 0 Å². The highest BCUT2D eigenvalue weighted by Crippen LogP contribution is 2.39. The third-order valence-corrected chi connectivity index (χ3v) is 4.20. The number of methoxy groups -OCH3 is 1. The Labute approximate surface area is 116 Å². The molecule has 0 bridgehead atoms. The number of hydrogen-bond acceptors (Lipinski definition) is 4. The second-order valence-electron chi connectivity index (χ2n) is 4.56. The number of aryl methyl sites for hydroxylation is 1. The van der Waals surface area contributed by atoms with Gasteiger partial charge in [0.05, 0.1) is 11.6 Å². The second kappa shape index (κ2) is 5.91. The quantitative estimate of drug-likeness (QED) is 0.894. The van der Waals surface area contributed by atoms with Gasteiger partial charge in [0.25, 0.3) is 0 Å². The van der Waals surface area contributed by atoms with Crippen LogP contribution in [0.5, 0.6) is 11.5 Å². The van der Waals surface area contributed by atoms with Crippen molar-refractivity contribution in [2.45, 2.75) is 13.5 Å².